The molecule has 2 heterocycles. The summed E-state index contributed by atoms with van der Waals surface area (Å²) in [6, 6.07) is 0. The standard InChI is InChI=1S/C16H29NO5/c1-15(2,3)22-14(18)17-8-6-13(12-17)19-9-5-7-16(4)20-10-11-21-16/h13H,5-12H2,1-4H3/t13-/m1/s1. The zero-order valence-corrected chi connectivity index (χ0v) is 14.2. The van der Waals surface area contributed by atoms with Crippen molar-refractivity contribution in [2.24, 2.45) is 0 Å². The van der Waals surface area contributed by atoms with Crippen LogP contribution in [-0.2, 0) is 18.9 Å². The van der Waals surface area contributed by atoms with Gasteiger partial charge in [-0.15, -0.1) is 0 Å². The maximum absolute atomic E-state index is 12.0. The van der Waals surface area contributed by atoms with Crippen LogP contribution in [0.15, 0.2) is 0 Å². The number of rotatable bonds is 5. The topological polar surface area (TPSA) is 57.2 Å². The molecule has 0 unspecified atom stereocenters. The second-order valence-electron chi connectivity index (χ2n) is 7.14. The highest BCUT2D eigenvalue weighted by Crippen LogP contribution is 2.24. The van der Waals surface area contributed by atoms with Gasteiger partial charge in [0.05, 0.1) is 25.9 Å². The lowest BCUT2D eigenvalue weighted by Crippen LogP contribution is -2.36. The molecule has 2 aliphatic heterocycles. The van der Waals surface area contributed by atoms with Crippen molar-refractivity contribution in [2.75, 3.05) is 32.9 Å². The van der Waals surface area contributed by atoms with E-state index in [2.05, 4.69) is 0 Å². The van der Waals surface area contributed by atoms with Crippen molar-refractivity contribution in [3.63, 3.8) is 0 Å². The van der Waals surface area contributed by atoms with Gasteiger partial charge in [-0.2, -0.15) is 0 Å². The third-order valence-electron chi connectivity index (χ3n) is 3.82. The Morgan fingerprint density at radius 1 is 1.32 bits per heavy atom. The molecule has 2 fully saturated rings. The first kappa shape index (κ1) is 17.5. The number of carbonyl (C=O) groups is 1. The van der Waals surface area contributed by atoms with Gasteiger partial charge in [-0.05, 0) is 40.5 Å². The van der Waals surface area contributed by atoms with E-state index in [9.17, 15) is 4.79 Å². The molecule has 22 heavy (non-hydrogen) atoms. The molecule has 0 saturated carbocycles. The van der Waals surface area contributed by atoms with Crippen LogP contribution in [0.5, 0.6) is 0 Å². The second-order valence-corrected chi connectivity index (χ2v) is 7.14. The van der Waals surface area contributed by atoms with Crippen LogP contribution in [0.3, 0.4) is 0 Å². The van der Waals surface area contributed by atoms with Crippen LogP contribution < -0.4 is 0 Å². The molecule has 0 aliphatic carbocycles. The highest BCUT2D eigenvalue weighted by atomic mass is 16.7. The monoisotopic (exact) mass is 315 g/mol. The van der Waals surface area contributed by atoms with E-state index in [1.807, 2.05) is 27.7 Å². The SMILES string of the molecule is CC(C)(C)OC(=O)N1CC[C@@H](OCCCC2(C)OCCO2)C1. The summed E-state index contributed by atoms with van der Waals surface area (Å²) in [7, 11) is 0. The third kappa shape index (κ3) is 5.41. The molecule has 6 nitrogen and oxygen atoms in total. The molecule has 2 rings (SSSR count). The number of hydrogen-bond donors (Lipinski definition) is 0. The first-order valence-electron chi connectivity index (χ1n) is 8.15. The van der Waals surface area contributed by atoms with Crippen molar-refractivity contribution in [2.45, 2.75) is 64.4 Å². The van der Waals surface area contributed by atoms with Crippen molar-refractivity contribution in [3.8, 4) is 0 Å². The first-order valence-corrected chi connectivity index (χ1v) is 8.15. The Balaban J connectivity index is 1.61. The number of ether oxygens (including phenoxy) is 4. The summed E-state index contributed by atoms with van der Waals surface area (Å²) in [5.74, 6) is -0.443. The molecule has 0 spiro atoms. The Kier molecular flexibility index (Phi) is 5.69. The van der Waals surface area contributed by atoms with Gasteiger partial charge in [0.15, 0.2) is 5.79 Å². The zero-order valence-electron chi connectivity index (χ0n) is 14.2. The molecule has 2 saturated heterocycles. The number of carbonyl (C=O) groups excluding carboxylic acids is 1. The van der Waals surface area contributed by atoms with Gasteiger partial charge >= 0.3 is 6.09 Å². The Labute approximate surface area is 133 Å². The lowest BCUT2D eigenvalue weighted by atomic mass is 10.2. The molecule has 0 N–H and O–H groups in total. The van der Waals surface area contributed by atoms with E-state index in [0.29, 0.717) is 32.9 Å². The quantitative estimate of drug-likeness (QED) is 0.730. The summed E-state index contributed by atoms with van der Waals surface area (Å²) in [6.07, 6.45) is 2.43. The summed E-state index contributed by atoms with van der Waals surface area (Å²) in [5, 5.41) is 0. The first-order chi connectivity index (χ1) is 10.3. The van der Waals surface area contributed by atoms with E-state index < -0.39 is 11.4 Å². The maximum atomic E-state index is 12.0. The van der Waals surface area contributed by atoms with Gasteiger partial charge in [-0.1, -0.05) is 0 Å². The Morgan fingerprint density at radius 3 is 2.64 bits per heavy atom. The number of nitrogens with zero attached hydrogens (tertiary/aromatic N) is 1. The van der Waals surface area contributed by atoms with E-state index in [1.54, 1.807) is 4.90 Å². The minimum Gasteiger partial charge on any atom is -0.444 e. The van der Waals surface area contributed by atoms with Gasteiger partial charge < -0.3 is 23.8 Å². The molecule has 0 aromatic heterocycles. The lowest BCUT2D eigenvalue weighted by molar-refractivity contribution is -0.150. The van der Waals surface area contributed by atoms with Crippen molar-refractivity contribution in [1.29, 1.82) is 0 Å². The summed E-state index contributed by atoms with van der Waals surface area (Å²) in [4.78, 5) is 13.7. The van der Waals surface area contributed by atoms with Crippen LogP contribution >= 0.6 is 0 Å². The smallest absolute Gasteiger partial charge is 0.410 e. The fourth-order valence-corrected chi connectivity index (χ4v) is 2.70. The van der Waals surface area contributed by atoms with Gasteiger partial charge in [-0.3, -0.25) is 0 Å². The van der Waals surface area contributed by atoms with Crippen LogP contribution in [0.25, 0.3) is 0 Å². The summed E-state index contributed by atoms with van der Waals surface area (Å²) >= 11 is 0. The molecule has 0 radical (unpaired) electrons. The largest absolute Gasteiger partial charge is 0.444 e. The number of hydrogen-bond acceptors (Lipinski definition) is 5. The number of likely N-dealkylation sites (tertiary alicyclic amines) is 1. The summed E-state index contributed by atoms with van der Waals surface area (Å²) in [5.41, 5.74) is -0.452. The molecule has 1 atom stereocenters. The highest BCUT2D eigenvalue weighted by Gasteiger charge is 2.32. The van der Waals surface area contributed by atoms with E-state index in [4.69, 9.17) is 18.9 Å². The van der Waals surface area contributed by atoms with Crippen LogP contribution in [0.1, 0.15) is 47.0 Å². The molecule has 1 amide bonds. The van der Waals surface area contributed by atoms with Gasteiger partial charge in [0, 0.05) is 19.6 Å². The molecule has 0 aromatic carbocycles. The fourth-order valence-electron chi connectivity index (χ4n) is 2.70. The van der Waals surface area contributed by atoms with Gasteiger partial charge in [0.2, 0.25) is 0 Å². The van der Waals surface area contributed by atoms with E-state index in [-0.39, 0.29) is 12.2 Å². The van der Waals surface area contributed by atoms with E-state index >= 15 is 0 Å². The molecular formula is C16H29NO5. The molecule has 2 aliphatic rings. The van der Waals surface area contributed by atoms with E-state index in [0.717, 1.165) is 19.3 Å². The number of amides is 1. The Hall–Kier alpha value is -0.850. The lowest BCUT2D eigenvalue weighted by Gasteiger charge is -2.24. The molecular weight excluding hydrogens is 286 g/mol. The zero-order chi connectivity index (χ0) is 16.2. The van der Waals surface area contributed by atoms with Gasteiger partial charge in [-0.25, -0.2) is 4.79 Å². The Bertz CT molecular complexity index is 373. The van der Waals surface area contributed by atoms with E-state index in [1.165, 1.54) is 0 Å². The normalized spacial score (nSPS) is 24.7. The van der Waals surface area contributed by atoms with Crippen LogP contribution in [0.2, 0.25) is 0 Å². The average Bonchev–Trinajstić information content (AvgIpc) is 3.02. The third-order valence-corrected chi connectivity index (χ3v) is 3.82. The predicted molar refractivity (Wildman–Crippen MR) is 81.7 cm³/mol. The fraction of sp³-hybridized carbons (Fsp3) is 0.938. The second kappa shape index (κ2) is 7.15. The highest BCUT2D eigenvalue weighted by molar-refractivity contribution is 5.68. The molecule has 128 valence electrons. The van der Waals surface area contributed by atoms with Crippen LogP contribution in [0.4, 0.5) is 4.79 Å². The van der Waals surface area contributed by atoms with Crippen molar-refractivity contribution < 1.29 is 23.7 Å². The molecule has 0 bridgehead atoms. The van der Waals surface area contributed by atoms with Crippen LogP contribution in [-0.4, -0.2) is 61.4 Å². The van der Waals surface area contributed by atoms with Gasteiger partial charge in [0.25, 0.3) is 0 Å². The molecule has 0 aromatic rings. The maximum Gasteiger partial charge on any atom is 0.410 e. The van der Waals surface area contributed by atoms with Crippen molar-refractivity contribution >= 4 is 6.09 Å². The summed E-state index contributed by atoms with van der Waals surface area (Å²) in [6.45, 7) is 10.9. The molecule has 6 heteroatoms. The minimum absolute atomic E-state index is 0.103. The van der Waals surface area contributed by atoms with Crippen molar-refractivity contribution in [1.82, 2.24) is 4.90 Å². The van der Waals surface area contributed by atoms with Gasteiger partial charge in [0.1, 0.15) is 5.60 Å². The van der Waals surface area contributed by atoms with Crippen LogP contribution in [0, 0.1) is 0 Å². The summed E-state index contributed by atoms with van der Waals surface area (Å²) < 4.78 is 22.4. The Morgan fingerprint density at radius 2 is 2.00 bits per heavy atom. The minimum atomic E-state index is -0.452. The average molecular weight is 315 g/mol. The van der Waals surface area contributed by atoms with Crippen molar-refractivity contribution in [3.05, 3.63) is 0 Å². The predicted octanol–water partition coefficient (Wildman–Crippen LogP) is 2.56.